The first-order valence-corrected chi connectivity index (χ1v) is 10.3. The Balaban J connectivity index is 2.63. The second-order valence-electron chi connectivity index (χ2n) is 6.54. The third-order valence-electron chi connectivity index (χ3n) is 4.24. The van der Waals surface area contributed by atoms with Gasteiger partial charge in [-0.15, -0.1) is 13.2 Å². The van der Waals surface area contributed by atoms with Crippen LogP contribution in [0.25, 0.3) is 0 Å². The standard InChI is InChI=1S/C17H32N4O2S/c1-6-9-21(10-7-2)16(14(3)4)12-19-17(18-5)20-15-8-11-24(22,23)13-15/h6-7,14-16H,1-2,8-13H2,3-5H3,(H2,18,19,20). The Kier molecular flexibility index (Phi) is 8.48. The van der Waals surface area contributed by atoms with Crippen LogP contribution in [0.1, 0.15) is 20.3 Å². The highest BCUT2D eigenvalue weighted by Crippen LogP contribution is 2.12. The van der Waals surface area contributed by atoms with Crippen LogP contribution in [-0.2, 0) is 9.84 Å². The van der Waals surface area contributed by atoms with E-state index >= 15 is 0 Å². The molecule has 0 aromatic carbocycles. The summed E-state index contributed by atoms with van der Waals surface area (Å²) in [5, 5.41) is 6.56. The third kappa shape index (κ3) is 6.65. The van der Waals surface area contributed by atoms with Crippen molar-refractivity contribution in [1.29, 1.82) is 0 Å². The molecule has 1 fully saturated rings. The summed E-state index contributed by atoms with van der Waals surface area (Å²) in [5.74, 6) is 1.53. The molecule has 1 aliphatic heterocycles. The Morgan fingerprint density at radius 3 is 2.38 bits per heavy atom. The van der Waals surface area contributed by atoms with E-state index in [0.717, 1.165) is 19.6 Å². The minimum Gasteiger partial charge on any atom is -0.355 e. The fourth-order valence-corrected chi connectivity index (χ4v) is 4.63. The zero-order valence-electron chi connectivity index (χ0n) is 15.2. The van der Waals surface area contributed by atoms with Gasteiger partial charge in [-0.1, -0.05) is 26.0 Å². The molecule has 2 atom stereocenters. The Morgan fingerprint density at radius 2 is 1.96 bits per heavy atom. The van der Waals surface area contributed by atoms with E-state index in [1.54, 1.807) is 7.05 Å². The summed E-state index contributed by atoms with van der Waals surface area (Å²) in [6.07, 6.45) is 4.43. The van der Waals surface area contributed by atoms with E-state index in [4.69, 9.17) is 0 Å². The summed E-state index contributed by atoms with van der Waals surface area (Å²) in [5.41, 5.74) is 0. The van der Waals surface area contributed by atoms with E-state index in [1.807, 2.05) is 12.2 Å². The predicted octanol–water partition coefficient (Wildman–Crippen LogP) is 1.04. The Labute approximate surface area is 147 Å². The van der Waals surface area contributed by atoms with Gasteiger partial charge in [0.05, 0.1) is 11.5 Å². The smallest absolute Gasteiger partial charge is 0.191 e. The van der Waals surface area contributed by atoms with Crippen molar-refractivity contribution in [3.63, 3.8) is 0 Å². The van der Waals surface area contributed by atoms with Crippen LogP contribution in [0.15, 0.2) is 30.3 Å². The molecular formula is C17H32N4O2S. The van der Waals surface area contributed by atoms with Gasteiger partial charge in [0.25, 0.3) is 0 Å². The van der Waals surface area contributed by atoms with Crippen LogP contribution >= 0.6 is 0 Å². The average Bonchev–Trinajstić information content (AvgIpc) is 2.85. The zero-order chi connectivity index (χ0) is 18.2. The van der Waals surface area contributed by atoms with E-state index in [9.17, 15) is 8.42 Å². The molecule has 1 rings (SSSR count). The molecule has 0 saturated carbocycles. The first kappa shape index (κ1) is 20.7. The molecule has 0 aliphatic carbocycles. The van der Waals surface area contributed by atoms with E-state index < -0.39 is 9.84 Å². The van der Waals surface area contributed by atoms with Crippen molar-refractivity contribution in [1.82, 2.24) is 15.5 Å². The quantitative estimate of drug-likeness (QED) is 0.367. The Hall–Kier alpha value is -1.34. The molecule has 6 nitrogen and oxygen atoms in total. The fraction of sp³-hybridized carbons (Fsp3) is 0.706. The number of hydrogen-bond acceptors (Lipinski definition) is 4. The van der Waals surface area contributed by atoms with Crippen molar-refractivity contribution in [3.8, 4) is 0 Å². The van der Waals surface area contributed by atoms with Crippen LogP contribution in [0.2, 0.25) is 0 Å². The maximum Gasteiger partial charge on any atom is 0.191 e. The van der Waals surface area contributed by atoms with Gasteiger partial charge in [-0.2, -0.15) is 0 Å². The molecule has 0 aromatic rings. The molecule has 24 heavy (non-hydrogen) atoms. The van der Waals surface area contributed by atoms with Gasteiger partial charge in [0.2, 0.25) is 0 Å². The summed E-state index contributed by atoms with van der Waals surface area (Å²) in [7, 11) is -1.20. The SMILES string of the molecule is C=CCN(CC=C)C(CNC(=NC)NC1CCS(=O)(=O)C1)C(C)C. The van der Waals surface area contributed by atoms with Gasteiger partial charge in [0.15, 0.2) is 15.8 Å². The Bertz CT molecular complexity index is 533. The summed E-state index contributed by atoms with van der Waals surface area (Å²) in [6.45, 7) is 14.3. The van der Waals surface area contributed by atoms with Crippen LogP contribution in [0.5, 0.6) is 0 Å². The largest absolute Gasteiger partial charge is 0.355 e. The van der Waals surface area contributed by atoms with Crippen molar-refractivity contribution in [2.75, 3.05) is 38.2 Å². The molecule has 1 heterocycles. The highest BCUT2D eigenvalue weighted by atomic mass is 32.2. The monoisotopic (exact) mass is 356 g/mol. The van der Waals surface area contributed by atoms with E-state index in [0.29, 0.717) is 24.3 Å². The lowest BCUT2D eigenvalue weighted by molar-refractivity contribution is 0.190. The molecule has 1 aliphatic rings. The van der Waals surface area contributed by atoms with Gasteiger partial charge in [-0.25, -0.2) is 8.42 Å². The first-order valence-electron chi connectivity index (χ1n) is 8.46. The molecule has 0 amide bonds. The number of nitrogens with one attached hydrogen (secondary N) is 2. The van der Waals surface area contributed by atoms with Crippen molar-refractivity contribution in [2.24, 2.45) is 10.9 Å². The molecule has 0 bridgehead atoms. The maximum atomic E-state index is 11.6. The molecular weight excluding hydrogens is 324 g/mol. The molecule has 0 spiro atoms. The van der Waals surface area contributed by atoms with Gasteiger partial charge in [0, 0.05) is 38.8 Å². The lowest BCUT2D eigenvalue weighted by atomic mass is 10.0. The number of guanidine groups is 1. The molecule has 0 aromatic heterocycles. The number of sulfone groups is 1. The third-order valence-corrected chi connectivity index (χ3v) is 6.01. The molecule has 138 valence electrons. The highest BCUT2D eigenvalue weighted by Gasteiger charge is 2.28. The van der Waals surface area contributed by atoms with Crippen molar-refractivity contribution in [2.45, 2.75) is 32.4 Å². The fourth-order valence-electron chi connectivity index (χ4n) is 2.96. The summed E-state index contributed by atoms with van der Waals surface area (Å²) in [6, 6.07) is 0.239. The predicted molar refractivity (Wildman–Crippen MR) is 102 cm³/mol. The maximum absolute atomic E-state index is 11.6. The second kappa shape index (κ2) is 9.84. The highest BCUT2D eigenvalue weighted by molar-refractivity contribution is 7.91. The molecule has 7 heteroatoms. The van der Waals surface area contributed by atoms with Crippen molar-refractivity contribution >= 4 is 15.8 Å². The second-order valence-corrected chi connectivity index (χ2v) is 8.77. The number of hydrogen-bond donors (Lipinski definition) is 2. The van der Waals surface area contributed by atoms with Crippen molar-refractivity contribution in [3.05, 3.63) is 25.3 Å². The lowest BCUT2D eigenvalue weighted by Gasteiger charge is -2.33. The van der Waals surface area contributed by atoms with Crippen LogP contribution < -0.4 is 10.6 Å². The summed E-state index contributed by atoms with van der Waals surface area (Å²) >= 11 is 0. The van der Waals surface area contributed by atoms with Gasteiger partial charge in [0.1, 0.15) is 0 Å². The minimum atomic E-state index is -2.90. The minimum absolute atomic E-state index is 0.0591. The number of rotatable bonds is 9. The van der Waals surface area contributed by atoms with Gasteiger partial charge in [-0.05, 0) is 12.3 Å². The lowest BCUT2D eigenvalue weighted by Crippen LogP contribution is -2.51. The van der Waals surface area contributed by atoms with Crippen LogP contribution in [0.4, 0.5) is 0 Å². The molecule has 2 N–H and O–H groups in total. The van der Waals surface area contributed by atoms with E-state index in [-0.39, 0.29) is 17.5 Å². The van der Waals surface area contributed by atoms with Gasteiger partial charge in [-0.3, -0.25) is 9.89 Å². The van der Waals surface area contributed by atoms with Crippen LogP contribution in [0, 0.1) is 5.92 Å². The first-order chi connectivity index (χ1) is 11.3. The van der Waals surface area contributed by atoms with Crippen LogP contribution in [-0.4, -0.2) is 69.5 Å². The summed E-state index contributed by atoms with van der Waals surface area (Å²) < 4.78 is 23.1. The van der Waals surface area contributed by atoms with Gasteiger partial charge < -0.3 is 10.6 Å². The number of aliphatic imine (C=N–C) groups is 1. The van der Waals surface area contributed by atoms with Crippen molar-refractivity contribution < 1.29 is 8.42 Å². The Morgan fingerprint density at radius 1 is 1.33 bits per heavy atom. The topological polar surface area (TPSA) is 73.8 Å². The van der Waals surface area contributed by atoms with Crippen LogP contribution in [0.3, 0.4) is 0 Å². The normalized spacial score (nSPS) is 21.7. The average molecular weight is 357 g/mol. The van der Waals surface area contributed by atoms with E-state index in [2.05, 4.69) is 47.5 Å². The zero-order valence-corrected chi connectivity index (χ0v) is 16.0. The number of nitrogens with zero attached hydrogens (tertiary/aromatic N) is 2. The molecule has 2 unspecified atom stereocenters. The summed E-state index contributed by atoms with van der Waals surface area (Å²) in [4.78, 5) is 6.53. The molecule has 0 radical (unpaired) electrons. The van der Waals surface area contributed by atoms with Gasteiger partial charge >= 0.3 is 0 Å². The van der Waals surface area contributed by atoms with E-state index in [1.165, 1.54) is 0 Å². The molecule has 1 saturated heterocycles.